The van der Waals surface area contributed by atoms with E-state index in [9.17, 15) is 0 Å². The van der Waals surface area contributed by atoms with Gasteiger partial charge in [0.15, 0.2) is 0 Å². The van der Waals surface area contributed by atoms with E-state index in [2.05, 4.69) is 4.98 Å². The molecule has 2 atom stereocenters. The zero-order valence-corrected chi connectivity index (χ0v) is 9.91. The summed E-state index contributed by atoms with van der Waals surface area (Å²) in [6.45, 7) is 0.801. The van der Waals surface area contributed by atoms with Crippen LogP contribution in [0.15, 0.2) is 6.20 Å². The summed E-state index contributed by atoms with van der Waals surface area (Å²) in [7, 11) is 0. The Balaban J connectivity index is 2.14. The average molecular weight is 252 g/mol. The molecule has 2 nitrogen and oxygen atoms in total. The molecule has 0 spiro atoms. The molecule has 78 valence electrons. The summed E-state index contributed by atoms with van der Waals surface area (Å²) in [5, 5.41) is 0.959. The molecular weight excluding hydrogens is 241 g/mol. The Morgan fingerprint density at radius 3 is 3.14 bits per heavy atom. The molecule has 0 bridgehead atoms. The van der Waals surface area contributed by atoms with E-state index in [1.165, 1.54) is 11.3 Å². The fourth-order valence-corrected chi connectivity index (χ4v) is 3.06. The van der Waals surface area contributed by atoms with Crippen molar-refractivity contribution in [3.05, 3.63) is 15.5 Å². The van der Waals surface area contributed by atoms with Crippen LogP contribution in [0, 0.1) is 5.92 Å². The van der Waals surface area contributed by atoms with Gasteiger partial charge >= 0.3 is 0 Å². The van der Waals surface area contributed by atoms with E-state index in [0.717, 1.165) is 24.5 Å². The molecule has 2 heterocycles. The Labute approximate surface area is 97.2 Å². The first-order chi connectivity index (χ1) is 6.81. The molecule has 1 aliphatic heterocycles. The molecule has 0 saturated carbocycles. The predicted octanol–water partition coefficient (Wildman–Crippen LogP) is 3.50. The van der Waals surface area contributed by atoms with Crippen LogP contribution < -0.4 is 0 Å². The monoisotopic (exact) mass is 251 g/mol. The molecule has 1 fully saturated rings. The second-order valence-electron chi connectivity index (χ2n) is 3.35. The van der Waals surface area contributed by atoms with Crippen molar-refractivity contribution in [3.8, 4) is 0 Å². The lowest BCUT2D eigenvalue weighted by Gasteiger charge is -2.28. The summed E-state index contributed by atoms with van der Waals surface area (Å²) >= 11 is 13.2. The average Bonchev–Trinajstić information content (AvgIpc) is 2.65. The van der Waals surface area contributed by atoms with Crippen molar-refractivity contribution < 1.29 is 4.74 Å². The number of rotatable bonds is 2. The van der Waals surface area contributed by atoms with Crippen molar-refractivity contribution in [2.24, 2.45) is 5.92 Å². The molecule has 0 N–H and O–H groups in total. The van der Waals surface area contributed by atoms with E-state index in [-0.39, 0.29) is 6.10 Å². The summed E-state index contributed by atoms with van der Waals surface area (Å²) in [5.74, 6) is 1.01. The van der Waals surface area contributed by atoms with Gasteiger partial charge in [0.25, 0.3) is 0 Å². The van der Waals surface area contributed by atoms with E-state index in [1.807, 2.05) is 0 Å². The normalized spacial score (nSPS) is 27.9. The maximum atomic E-state index is 5.90. The van der Waals surface area contributed by atoms with Crippen LogP contribution in [0.4, 0.5) is 0 Å². The van der Waals surface area contributed by atoms with Crippen LogP contribution in [0.3, 0.4) is 0 Å². The maximum Gasteiger partial charge on any atom is 0.123 e. The molecule has 2 rings (SSSR count). The number of thiazole rings is 1. The molecular formula is C9H11Cl2NOS. The lowest BCUT2D eigenvalue weighted by atomic mass is 9.97. The van der Waals surface area contributed by atoms with Gasteiger partial charge in [-0.15, -0.1) is 22.9 Å². The lowest BCUT2D eigenvalue weighted by Crippen LogP contribution is -2.23. The number of ether oxygens (including phenoxy) is 1. The quantitative estimate of drug-likeness (QED) is 0.751. The van der Waals surface area contributed by atoms with Crippen LogP contribution in [0.2, 0.25) is 4.34 Å². The maximum absolute atomic E-state index is 5.90. The molecule has 1 aliphatic rings. The van der Waals surface area contributed by atoms with Crippen LogP contribution in [0.1, 0.15) is 24.0 Å². The van der Waals surface area contributed by atoms with Crippen LogP contribution in [-0.2, 0) is 4.74 Å². The van der Waals surface area contributed by atoms with Gasteiger partial charge in [0.2, 0.25) is 0 Å². The molecule has 1 aromatic rings. The van der Waals surface area contributed by atoms with Crippen molar-refractivity contribution in [3.63, 3.8) is 0 Å². The van der Waals surface area contributed by atoms with Gasteiger partial charge in [0.05, 0.1) is 6.20 Å². The highest BCUT2D eigenvalue weighted by Gasteiger charge is 2.28. The van der Waals surface area contributed by atoms with Crippen molar-refractivity contribution in [2.75, 3.05) is 12.5 Å². The number of aromatic nitrogens is 1. The zero-order chi connectivity index (χ0) is 9.97. The Morgan fingerprint density at radius 2 is 2.50 bits per heavy atom. The second-order valence-corrected chi connectivity index (χ2v) is 5.35. The van der Waals surface area contributed by atoms with Gasteiger partial charge < -0.3 is 4.74 Å². The van der Waals surface area contributed by atoms with E-state index >= 15 is 0 Å². The highest BCUT2D eigenvalue weighted by atomic mass is 35.5. The number of nitrogens with zero attached hydrogens (tertiary/aromatic N) is 1. The molecule has 1 aromatic heterocycles. The van der Waals surface area contributed by atoms with Gasteiger partial charge in [-0.3, -0.25) is 0 Å². The minimum Gasteiger partial charge on any atom is -0.371 e. The minimum atomic E-state index is 0.0544. The molecule has 2 unspecified atom stereocenters. The third-order valence-corrected chi connectivity index (χ3v) is 3.95. The molecule has 0 radical (unpaired) electrons. The van der Waals surface area contributed by atoms with Crippen LogP contribution in [0.5, 0.6) is 0 Å². The number of hydrogen-bond donors (Lipinski definition) is 0. The Hall–Kier alpha value is 0.170. The number of halogens is 2. The molecule has 0 aliphatic carbocycles. The Kier molecular flexibility index (Phi) is 3.66. The molecule has 5 heteroatoms. The minimum absolute atomic E-state index is 0.0544. The van der Waals surface area contributed by atoms with Gasteiger partial charge in [-0.2, -0.15) is 0 Å². The van der Waals surface area contributed by atoms with Crippen molar-refractivity contribution in [1.82, 2.24) is 4.98 Å². The first-order valence-electron chi connectivity index (χ1n) is 4.60. The summed E-state index contributed by atoms with van der Waals surface area (Å²) in [6, 6.07) is 0. The first kappa shape index (κ1) is 10.7. The largest absolute Gasteiger partial charge is 0.371 e. The summed E-state index contributed by atoms with van der Waals surface area (Å²) in [5.41, 5.74) is 0. The smallest absolute Gasteiger partial charge is 0.123 e. The molecule has 1 saturated heterocycles. The van der Waals surface area contributed by atoms with Crippen LogP contribution in [0.25, 0.3) is 0 Å². The van der Waals surface area contributed by atoms with Gasteiger partial charge in [0, 0.05) is 18.4 Å². The highest BCUT2D eigenvalue weighted by Crippen LogP contribution is 2.37. The summed E-state index contributed by atoms with van der Waals surface area (Å²) < 4.78 is 6.40. The van der Waals surface area contributed by atoms with E-state index in [0.29, 0.717) is 16.1 Å². The fourth-order valence-electron chi connectivity index (χ4n) is 1.67. The second kappa shape index (κ2) is 4.79. The van der Waals surface area contributed by atoms with Gasteiger partial charge in [-0.1, -0.05) is 11.6 Å². The number of hydrogen-bond acceptors (Lipinski definition) is 3. The summed E-state index contributed by atoms with van der Waals surface area (Å²) in [4.78, 5) is 4.24. The van der Waals surface area contributed by atoms with Gasteiger partial charge in [0.1, 0.15) is 15.4 Å². The SMILES string of the molecule is ClCC1CCCOC1c1ncc(Cl)s1. The molecule has 14 heavy (non-hydrogen) atoms. The third kappa shape index (κ3) is 2.22. The van der Waals surface area contributed by atoms with Crippen molar-refractivity contribution >= 4 is 34.5 Å². The fraction of sp³-hybridized carbons (Fsp3) is 0.667. The third-order valence-electron chi connectivity index (χ3n) is 2.38. The van der Waals surface area contributed by atoms with Crippen molar-refractivity contribution in [1.29, 1.82) is 0 Å². The molecule has 0 amide bonds. The molecule has 0 aromatic carbocycles. The topological polar surface area (TPSA) is 22.1 Å². The zero-order valence-electron chi connectivity index (χ0n) is 7.58. The Morgan fingerprint density at radius 1 is 1.64 bits per heavy atom. The van der Waals surface area contributed by atoms with Crippen LogP contribution >= 0.6 is 34.5 Å². The van der Waals surface area contributed by atoms with Crippen molar-refractivity contribution in [2.45, 2.75) is 18.9 Å². The van der Waals surface area contributed by atoms with E-state index in [4.69, 9.17) is 27.9 Å². The summed E-state index contributed by atoms with van der Waals surface area (Å²) in [6.07, 6.45) is 3.93. The van der Waals surface area contributed by atoms with E-state index in [1.54, 1.807) is 6.20 Å². The Bertz CT molecular complexity index is 305. The number of alkyl halides is 1. The van der Waals surface area contributed by atoms with Crippen LogP contribution in [-0.4, -0.2) is 17.5 Å². The highest BCUT2D eigenvalue weighted by molar-refractivity contribution is 7.15. The first-order valence-corrected chi connectivity index (χ1v) is 6.33. The predicted molar refractivity (Wildman–Crippen MR) is 59.3 cm³/mol. The van der Waals surface area contributed by atoms with E-state index < -0.39 is 0 Å². The standard InChI is InChI=1S/C9H11Cl2NOS/c10-4-6-2-1-3-13-8(6)9-12-5-7(11)14-9/h5-6,8H,1-4H2. The lowest BCUT2D eigenvalue weighted by molar-refractivity contribution is -0.0209. The van der Waals surface area contributed by atoms with Gasteiger partial charge in [-0.05, 0) is 12.8 Å². The van der Waals surface area contributed by atoms with Gasteiger partial charge in [-0.25, -0.2) is 4.98 Å².